The van der Waals surface area contributed by atoms with Crippen molar-refractivity contribution in [3.05, 3.63) is 34.6 Å². The molecule has 8 nitrogen and oxygen atoms in total. The van der Waals surface area contributed by atoms with Crippen LogP contribution in [0, 0.1) is 0 Å². The Balaban J connectivity index is 2.44. The quantitative estimate of drug-likeness (QED) is 0.457. The van der Waals surface area contributed by atoms with Gasteiger partial charge >= 0.3 is 0 Å². The first-order valence-corrected chi connectivity index (χ1v) is 7.99. The van der Waals surface area contributed by atoms with Crippen LogP contribution in [-0.4, -0.2) is 25.4 Å². The van der Waals surface area contributed by atoms with Crippen LogP contribution < -0.4 is 21.7 Å². The summed E-state index contributed by atoms with van der Waals surface area (Å²) in [6, 6.07) is 5.40. The number of nitrogens with one attached hydrogen (secondary N) is 2. The van der Waals surface area contributed by atoms with Gasteiger partial charge < -0.3 is 16.5 Å². The van der Waals surface area contributed by atoms with Crippen LogP contribution in [0.3, 0.4) is 0 Å². The van der Waals surface area contributed by atoms with Gasteiger partial charge in [0.05, 0.1) is 4.90 Å². The van der Waals surface area contributed by atoms with Gasteiger partial charge in [-0.15, -0.1) is 0 Å². The standard InChI is InChI=1S/C11H13N5O3S2/c1-14-21(18,19)6-2-3-7(12)8(4-6)20-11-15-9(13)5-10(17)16-11/h2-5,14H,12H2,1H3,(H3,13,15,16,17). The summed E-state index contributed by atoms with van der Waals surface area (Å²) in [5, 5.41) is 0.228. The van der Waals surface area contributed by atoms with E-state index in [0.717, 1.165) is 17.8 Å². The summed E-state index contributed by atoms with van der Waals surface area (Å²) in [5.41, 5.74) is 11.3. The Morgan fingerprint density at radius 2 is 2.00 bits per heavy atom. The van der Waals surface area contributed by atoms with Crippen LogP contribution in [0.15, 0.2) is 44.0 Å². The van der Waals surface area contributed by atoms with Crippen molar-refractivity contribution in [2.75, 3.05) is 18.5 Å². The molecule has 0 saturated heterocycles. The highest BCUT2D eigenvalue weighted by atomic mass is 32.2. The molecule has 0 aliphatic heterocycles. The van der Waals surface area contributed by atoms with E-state index in [1.807, 2.05) is 0 Å². The van der Waals surface area contributed by atoms with Crippen LogP contribution >= 0.6 is 11.8 Å². The smallest absolute Gasteiger partial charge is 0.253 e. The Hall–Kier alpha value is -2.04. The van der Waals surface area contributed by atoms with E-state index in [1.54, 1.807) is 0 Å². The monoisotopic (exact) mass is 327 g/mol. The van der Waals surface area contributed by atoms with Gasteiger partial charge in [-0.1, -0.05) is 0 Å². The molecule has 1 aromatic heterocycles. The van der Waals surface area contributed by atoms with Gasteiger partial charge in [0, 0.05) is 16.6 Å². The molecule has 0 aliphatic carbocycles. The van der Waals surface area contributed by atoms with Gasteiger partial charge in [-0.25, -0.2) is 18.1 Å². The number of aromatic nitrogens is 2. The van der Waals surface area contributed by atoms with Crippen molar-refractivity contribution in [3.63, 3.8) is 0 Å². The fourth-order valence-electron chi connectivity index (χ4n) is 1.49. The van der Waals surface area contributed by atoms with Crippen LogP contribution in [0.25, 0.3) is 0 Å². The molecule has 0 bridgehead atoms. The molecule has 0 aliphatic rings. The highest BCUT2D eigenvalue weighted by molar-refractivity contribution is 7.99. The summed E-state index contributed by atoms with van der Waals surface area (Å²) in [6.07, 6.45) is 0. The van der Waals surface area contributed by atoms with E-state index < -0.39 is 15.6 Å². The van der Waals surface area contributed by atoms with Gasteiger partial charge in [-0.05, 0) is 37.0 Å². The van der Waals surface area contributed by atoms with Crippen molar-refractivity contribution >= 4 is 33.3 Å². The zero-order chi connectivity index (χ0) is 15.6. The number of H-pyrrole nitrogens is 1. The van der Waals surface area contributed by atoms with Crippen LogP contribution in [0.2, 0.25) is 0 Å². The van der Waals surface area contributed by atoms with Crippen LogP contribution in [0.5, 0.6) is 0 Å². The summed E-state index contributed by atoms with van der Waals surface area (Å²) in [5.74, 6) is 0.0684. The number of nitrogens with two attached hydrogens (primary N) is 2. The summed E-state index contributed by atoms with van der Waals surface area (Å²) >= 11 is 1.02. The molecule has 0 radical (unpaired) electrons. The van der Waals surface area contributed by atoms with Crippen LogP contribution in [-0.2, 0) is 10.0 Å². The molecule has 10 heteroatoms. The Bertz CT molecular complexity index is 832. The second-order valence-corrected chi connectivity index (χ2v) is 6.90. The Morgan fingerprint density at radius 1 is 1.29 bits per heavy atom. The second kappa shape index (κ2) is 5.76. The highest BCUT2D eigenvalue weighted by Crippen LogP contribution is 2.31. The number of hydrogen-bond acceptors (Lipinski definition) is 7. The summed E-state index contributed by atoms with van der Waals surface area (Å²) in [6.45, 7) is 0. The molecule has 0 amide bonds. The van der Waals surface area contributed by atoms with Crippen LogP contribution in [0.4, 0.5) is 11.5 Å². The van der Waals surface area contributed by atoms with E-state index in [9.17, 15) is 13.2 Å². The molecule has 0 atom stereocenters. The number of benzene rings is 1. The minimum Gasteiger partial charge on any atom is -0.398 e. The number of nitrogen functional groups attached to an aromatic ring is 2. The number of aromatic amines is 1. The first kappa shape index (κ1) is 15.4. The molecule has 0 unspecified atom stereocenters. The zero-order valence-electron chi connectivity index (χ0n) is 11.0. The molecule has 21 heavy (non-hydrogen) atoms. The lowest BCUT2D eigenvalue weighted by Gasteiger charge is -2.08. The molecular formula is C11H13N5O3S2. The molecular weight excluding hydrogens is 314 g/mol. The third-order valence-electron chi connectivity index (χ3n) is 2.51. The number of hydrogen-bond donors (Lipinski definition) is 4. The first-order chi connectivity index (χ1) is 9.81. The minimum atomic E-state index is -3.58. The average Bonchev–Trinajstić information content (AvgIpc) is 2.40. The molecule has 112 valence electrons. The third kappa shape index (κ3) is 3.54. The van der Waals surface area contributed by atoms with Crippen molar-refractivity contribution in [2.24, 2.45) is 0 Å². The number of sulfonamides is 1. The minimum absolute atomic E-state index is 0.0629. The van der Waals surface area contributed by atoms with E-state index in [0.29, 0.717) is 10.6 Å². The average molecular weight is 327 g/mol. The molecule has 6 N–H and O–H groups in total. The lowest BCUT2D eigenvalue weighted by atomic mass is 10.3. The molecule has 0 fully saturated rings. The lowest BCUT2D eigenvalue weighted by molar-refractivity contribution is 0.588. The van der Waals surface area contributed by atoms with E-state index >= 15 is 0 Å². The van der Waals surface area contributed by atoms with Gasteiger partial charge in [0.1, 0.15) is 5.82 Å². The predicted molar refractivity (Wildman–Crippen MR) is 80.5 cm³/mol. The Kier molecular flexibility index (Phi) is 4.21. The van der Waals surface area contributed by atoms with Gasteiger partial charge in [0.25, 0.3) is 5.56 Å². The summed E-state index contributed by atoms with van der Waals surface area (Å²) < 4.78 is 25.8. The van der Waals surface area contributed by atoms with Gasteiger partial charge in [0.15, 0.2) is 5.16 Å². The zero-order valence-corrected chi connectivity index (χ0v) is 12.6. The van der Waals surface area contributed by atoms with E-state index in [2.05, 4.69) is 14.7 Å². The fourth-order valence-corrected chi connectivity index (χ4v) is 3.21. The molecule has 2 rings (SSSR count). The van der Waals surface area contributed by atoms with Crippen molar-refractivity contribution in [1.29, 1.82) is 0 Å². The maximum Gasteiger partial charge on any atom is 0.253 e. The second-order valence-electron chi connectivity index (χ2n) is 3.98. The number of rotatable bonds is 4. The summed E-state index contributed by atoms with van der Waals surface area (Å²) in [7, 11) is -2.27. The van der Waals surface area contributed by atoms with E-state index in [-0.39, 0.29) is 15.9 Å². The molecule has 2 aromatic rings. The van der Waals surface area contributed by atoms with Gasteiger partial charge in [-0.2, -0.15) is 0 Å². The fraction of sp³-hybridized carbons (Fsp3) is 0.0909. The number of nitrogens with zero attached hydrogens (tertiary/aromatic N) is 1. The lowest BCUT2D eigenvalue weighted by Crippen LogP contribution is -2.18. The Morgan fingerprint density at radius 3 is 2.62 bits per heavy atom. The Labute approximate surface area is 125 Å². The molecule has 1 heterocycles. The molecule has 1 aromatic carbocycles. The van der Waals surface area contributed by atoms with Crippen molar-refractivity contribution in [1.82, 2.24) is 14.7 Å². The SMILES string of the molecule is CNS(=O)(=O)c1ccc(N)c(Sc2nc(N)cc(=O)[nH]2)c1. The van der Waals surface area contributed by atoms with Crippen molar-refractivity contribution < 1.29 is 8.42 Å². The predicted octanol–water partition coefficient (Wildman–Crippen LogP) is -0.00640. The maximum atomic E-state index is 11.8. The van der Waals surface area contributed by atoms with E-state index in [4.69, 9.17) is 11.5 Å². The van der Waals surface area contributed by atoms with Gasteiger partial charge in [0.2, 0.25) is 10.0 Å². The normalized spacial score (nSPS) is 11.5. The maximum absolute atomic E-state index is 11.8. The molecule has 0 spiro atoms. The van der Waals surface area contributed by atoms with Crippen molar-refractivity contribution in [2.45, 2.75) is 14.9 Å². The number of anilines is 2. The first-order valence-electron chi connectivity index (χ1n) is 5.69. The van der Waals surface area contributed by atoms with Crippen LogP contribution in [0.1, 0.15) is 0 Å². The highest BCUT2D eigenvalue weighted by Gasteiger charge is 2.14. The third-order valence-corrected chi connectivity index (χ3v) is 4.88. The summed E-state index contributed by atoms with van der Waals surface area (Å²) in [4.78, 5) is 18.3. The molecule has 0 saturated carbocycles. The van der Waals surface area contributed by atoms with E-state index in [1.165, 1.54) is 25.2 Å². The van der Waals surface area contributed by atoms with Crippen molar-refractivity contribution in [3.8, 4) is 0 Å². The van der Waals surface area contributed by atoms with Gasteiger partial charge in [-0.3, -0.25) is 4.79 Å². The topological polar surface area (TPSA) is 144 Å². The largest absolute Gasteiger partial charge is 0.398 e.